The fourth-order valence-corrected chi connectivity index (χ4v) is 4.10. The number of rotatable bonds is 5. The number of hydrogen-bond donors (Lipinski definition) is 2. The molecular weight excluding hydrogens is 354 g/mol. The average Bonchev–Trinajstić information content (AvgIpc) is 2.71. The number of likely N-dealkylation sites (tertiary alicyclic amines) is 1. The number of urea groups is 1. The molecule has 2 aliphatic rings. The molecule has 6 nitrogen and oxygen atoms in total. The van der Waals surface area contributed by atoms with E-state index in [0.29, 0.717) is 30.5 Å². The molecule has 1 unspecified atom stereocenters. The van der Waals surface area contributed by atoms with Gasteiger partial charge in [0.15, 0.2) is 0 Å². The van der Waals surface area contributed by atoms with Crippen molar-refractivity contribution in [2.45, 2.75) is 45.1 Å². The number of piperidine rings is 1. The van der Waals surface area contributed by atoms with E-state index >= 15 is 0 Å². The zero-order valence-corrected chi connectivity index (χ0v) is 17.1. The van der Waals surface area contributed by atoms with Crippen LogP contribution >= 0.6 is 0 Å². The Hall–Kier alpha value is -2.08. The first-order chi connectivity index (χ1) is 13.5. The Balaban J connectivity index is 1.46. The summed E-state index contributed by atoms with van der Waals surface area (Å²) in [5.41, 5.74) is 0.555. The van der Waals surface area contributed by atoms with Gasteiger partial charge in [-0.1, -0.05) is 32.0 Å². The molecule has 3 amide bonds. The first kappa shape index (κ1) is 20.6. The number of benzene rings is 1. The Bertz CT molecular complexity index is 654. The van der Waals surface area contributed by atoms with Gasteiger partial charge in [0.1, 0.15) is 0 Å². The Morgan fingerprint density at radius 2 is 1.89 bits per heavy atom. The van der Waals surface area contributed by atoms with Crippen LogP contribution in [0.3, 0.4) is 0 Å². The van der Waals surface area contributed by atoms with Crippen LogP contribution in [0.25, 0.3) is 0 Å². The van der Waals surface area contributed by atoms with Crippen molar-refractivity contribution in [3.8, 4) is 0 Å². The lowest BCUT2D eigenvalue weighted by Crippen LogP contribution is -2.53. The molecule has 2 N–H and O–H groups in total. The predicted molar refractivity (Wildman–Crippen MR) is 109 cm³/mol. The van der Waals surface area contributed by atoms with Gasteiger partial charge in [0.25, 0.3) is 5.91 Å². The van der Waals surface area contributed by atoms with Gasteiger partial charge in [-0.25, -0.2) is 4.79 Å². The number of hydrogen-bond acceptors (Lipinski definition) is 3. The largest absolute Gasteiger partial charge is 0.375 e. The van der Waals surface area contributed by atoms with E-state index in [2.05, 4.69) is 24.5 Å². The summed E-state index contributed by atoms with van der Waals surface area (Å²) in [5.74, 6) is 0.856. The van der Waals surface area contributed by atoms with Crippen molar-refractivity contribution in [2.24, 2.45) is 11.8 Å². The second-order valence-electron chi connectivity index (χ2n) is 8.53. The minimum Gasteiger partial charge on any atom is -0.375 e. The molecule has 154 valence electrons. The van der Waals surface area contributed by atoms with E-state index < -0.39 is 0 Å². The topological polar surface area (TPSA) is 70.7 Å². The van der Waals surface area contributed by atoms with Gasteiger partial charge in [-0.2, -0.15) is 0 Å². The van der Waals surface area contributed by atoms with Crippen LogP contribution in [0.1, 0.15) is 49.9 Å². The standard InChI is InChI=1S/C22H33N3O3/c1-17(2)15-24-21(27)25-11-9-22(10-12-25)14-18(8-13-28-22)16-23-20(26)19-6-4-3-5-7-19/h3-7,17-18H,8-16H2,1-2H3,(H,23,26)(H,24,27). The molecule has 28 heavy (non-hydrogen) atoms. The molecule has 2 saturated heterocycles. The van der Waals surface area contributed by atoms with Crippen molar-refractivity contribution in [3.63, 3.8) is 0 Å². The van der Waals surface area contributed by atoms with Gasteiger partial charge < -0.3 is 20.3 Å². The van der Waals surface area contributed by atoms with Gasteiger partial charge in [-0.15, -0.1) is 0 Å². The third-order valence-electron chi connectivity index (χ3n) is 5.81. The number of amides is 3. The van der Waals surface area contributed by atoms with Crippen LogP contribution in [0.2, 0.25) is 0 Å². The van der Waals surface area contributed by atoms with Crippen LogP contribution in [0, 0.1) is 11.8 Å². The zero-order valence-electron chi connectivity index (χ0n) is 17.1. The maximum Gasteiger partial charge on any atom is 0.317 e. The summed E-state index contributed by atoms with van der Waals surface area (Å²) >= 11 is 0. The van der Waals surface area contributed by atoms with Crippen LogP contribution < -0.4 is 10.6 Å². The lowest BCUT2D eigenvalue weighted by atomic mass is 9.79. The Morgan fingerprint density at radius 1 is 1.18 bits per heavy atom. The quantitative estimate of drug-likeness (QED) is 0.816. The lowest BCUT2D eigenvalue weighted by molar-refractivity contribution is -0.122. The molecule has 1 aromatic rings. The van der Waals surface area contributed by atoms with Gasteiger partial charge >= 0.3 is 6.03 Å². The van der Waals surface area contributed by atoms with Crippen LogP contribution in [0.5, 0.6) is 0 Å². The summed E-state index contributed by atoms with van der Waals surface area (Å²) in [5, 5.41) is 6.07. The number of nitrogens with one attached hydrogen (secondary N) is 2. The SMILES string of the molecule is CC(C)CNC(=O)N1CCC2(CC1)CC(CNC(=O)c1ccccc1)CCO2. The third kappa shape index (κ3) is 5.47. The Morgan fingerprint density at radius 3 is 2.57 bits per heavy atom. The van der Waals surface area contributed by atoms with Crippen molar-refractivity contribution in [3.05, 3.63) is 35.9 Å². The number of carbonyl (C=O) groups is 2. The first-order valence-electron chi connectivity index (χ1n) is 10.5. The molecule has 6 heteroatoms. The summed E-state index contributed by atoms with van der Waals surface area (Å²) in [6.45, 7) is 7.76. The second-order valence-corrected chi connectivity index (χ2v) is 8.53. The second kappa shape index (κ2) is 9.41. The minimum atomic E-state index is -0.144. The van der Waals surface area contributed by atoms with Crippen molar-refractivity contribution in [1.82, 2.24) is 15.5 Å². The number of carbonyl (C=O) groups excluding carboxylic acids is 2. The van der Waals surface area contributed by atoms with E-state index in [4.69, 9.17) is 4.74 Å². The summed E-state index contributed by atoms with van der Waals surface area (Å²) < 4.78 is 6.18. The van der Waals surface area contributed by atoms with E-state index in [0.717, 1.165) is 45.4 Å². The molecule has 2 aliphatic heterocycles. The van der Waals surface area contributed by atoms with Crippen molar-refractivity contribution in [1.29, 1.82) is 0 Å². The summed E-state index contributed by atoms with van der Waals surface area (Å²) in [6, 6.07) is 9.37. The third-order valence-corrected chi connectivity index (χ3v) is 5.81. The molecule has 0 saturated carbocycles. The van der Waals surface area contributed by atoms with Gasteiger partial charge in [0.05, 0.1) is 5.60 Å². The van der Waals surface area contributed by atoms with E-state index in [1.54, 1.807) is 0 Å². The molecule has 0 aliphatic carbocycles. The molecule has 2 fully saturated rings. The molecular formula is C22H33N3O3. The molecule has 1 aromatic carbocycles. The fourth-order valence-electron chi connectivity index (χ4n) is 4.10. The van der Waals surface area contributed by atoms with Gasteiger partial charge in [-0.3, -0.25) is 4.79 Å². The molecule has 1 atom stereocenters. The highest BCUT2D eigenvalue weighted by atomic mass is 16.5. The molecule has 2 heterocycles. The smallest absolute Gasteiger partial charge is 0.317 e. The molecule has 0 bridgehead atoms. The Labute approximate surface area is 168 Å². The summed E-state index contributed by atoms with van der Waals surface area (Å²) in [7, 11) is 0. The van der Waals surface area contributed by atoms with Crippen molar-refractivity contribution in [2.75, 3.05) is 32.8 Å². The van der Waals surface area contributed by atoms with Crippen LogP contribution in [-0.2, 0) is 4.74 Å². The van der Waals surface area contributed by atoms with Crippen molar-refractivity contribution >= 4 is 11.9 Å². The highest BCUT2D eigenvalue weighted by Crippen LogP contribution is 2.37. The maximum absolute atomic E-state index is 12.3. The minimum absolute atomic E-state index is 0.0159. The normalized spacial score (nSPS) is 21.5. The van der Waals surface area contributed by atoms with E-state index in [1.807, 2.05) is 35.2 Å². The first-order valence-corrected chi connectivity index (χ1v) is 10.5. The summed E-state index contributed by atoms with van der Waals surface area (Å²) in [6.07, 6.45) is 3.65. The Kier molecular flexibility index (Phi) is 6.94. The predicted octanol–water partition coefficient (Wildman–Crippen LogP) is 3.04. The number of ether oxygens (including phenoxy) is 1. The lowest BCUT2D eigenvalue weighted by Gasteiger charge is -2.46. The van der Waals surface area contributed by atoms with Gasteiger partial charge in [0.2, 0.25) is 0 Å². The molecule has 3 rings (SSSR count). The monoisotopic (exact) mass is 387 g/mol. The van der Waals surface area contributed by atoms with E-state index in [9.17, 15) is 9.59 Å². The summed E-state index contributed by atoms with van der Waals surface area (Å²) in [4.78, 5) is 26.5. The van der Waals surface area contributed by atoms with E-state index in [-0.39, 0.29) is 17.5 Å². The fraction of sp³-hybridized carbons (Fsp3) is 0.636. The van der Waals surface area contributed by atoms with E-state index in [1.165, 1.54) is 0 Å². The zero-order chi connectivity index (χ0) is 20.0. The van der Waals surface area contributed by atoms with Gasteiger partial charge in [-0.05, 0) is 49.7 Å². The average molecular weight is 388 g/mol. The highest BCUT2D eigenvalue weighted by Gasteiger charge is 2.41. The van der Waals surface area contributed by atoms with Gasteiger partial charge in [0, 0.05) is 38.3 Å². The van der Waals surface area contributed by atoms with Crippen LogP contribution in [-0.4, -0.2) is 55.2 Å². The molecule has 1 spiro atoms. The van der Waals surface area contributed by atoms with Crippen LogP contribution in [0.15, 0.2) is 30.3 Å². The number of nitrogens with zero attached hydrogens (tertiary/aromatic N) is 1. The molecule has 0 radical (unpaired) electrons. The van der Waals surface area contributed by atoms with Crippen LogP contribution in [0.4, 0.5) is 4.79 Å². The molecule has 0 aromatic heterocycles. The maximum atomic E-state index is 12.3. The van der Waals surface area contributed by atoms with Crippen molar-refractivity contribution < 1.29 is 14.3 Å². The highest BCUT2D eigenvalue weighted by molar-refractivity contribution is 5.94.